The summed E-state index contributed by atoms with van der Waals surface area (Å²) in [6, 6.07) is 0. The van der Waals surface area contributed by atoms with Gasteiger partial charge in [0.25, 0.3) is 0 Å². The largest absolute Gasteiger partial charge is 0.451 e. The van der Waals surface area contributed by atoms with Gasteiger partial charge >= 0.3 is 17.9 Å². The highest BCUT2D eigenvalue weighted by molar-refractivity contribution is 5.87. The number of esters is 3. The van der Waals surface area contributed by atoms with Crippen LogP contribution >= 0.6 is 0 Å². The maximum absolute atomic E-state index is 10.8. The summed E-state index contributed by atoms with van der Waals surface area (Å²) in [5.41, 5.74) is 0. The third kappa shape index (κ3) is 4.43. The maximum Gasteiger partial charge on any atom is 0.354 e. The molecule has 0 rings (SSSR count). The number of ether oxygens (including phenoxy) is 2. The molecule has 0 aliphatic rings. The third-order valence-electron chi connectivity index (χ3n) is 0.919. The Bertz CT molecular complexity index is 208. The zero-order valence-electron chi connectivity index (χ0n) is 7.12. The fraction of sp³-hybridized carbons (Fsp3) is 0.571. The smallest absolute Gasteiger partial charge is 0.354 e. The summed E-state index contributed by atoms with van der Waals surface area (Å²) in [4.78, 5) is 31.4. The zero-order chi connectivity index (χ0) is 9.72. The van der Waals surface area contributed by atoms with Crippen LogP contribution in [-0.4, -0.2) is 24.0 Å². The summed E-state index contributed by atoms with van der Waals surface area (Å²) in [5.74, 6) is -2.18. The van der Waals surface area contributed by atoms with E-state index >= 15 is 0 Å². The Hall–Kier alpha value is -1.39. The number of rotatable bonds is 2. The molecule has 0 N–H and O–H groups in total. The first-order chi connectivity index (χ1) is 5.43. The van der Waals surface area contributed by atoms with Gasteiger partial charge in [-0.05, 0) is 6.92 Å². The molecule has 0 saturated heterocycles. The van der Waals surface area contributed by atoms with Crippen LogP contribution in [0.2, 0.25) is 0 Å². The maximum atomic E-state index is 10.8. The number of hydrogen-bond donors (Lipinski definition) is 0. The molecule has 0 radical (unpaired) electrons. The van der Waals surface area contributed by atoms with E-state index in [1.807, 2.05) is 0 Å². The summed E-state index contributed by atoms with van der Waals surface area (Å²) < 4.78 is 8.60. The standard InChI is InChI=1S/C7H10O5/c1-4(11-5(2)8)7(10)12-6(3)9/h4H,1-3H3. The minimum atomic E-state index is -1.04. The van der Waals surface area contributed by atoms with Crippen LogP contribution in [0.4, 0.5) is 0 Å². The Balaban J connectivity index is 3.93. The molecule has 0 spiro atoms. The quantitative estimate of drug-likeness (QED) is 0.436. The molecule has 5 nitrogen and oxygen atoms in total. The van der Waals surface area contributed by atoms with Crippen LogP contribution in [0.1, 0.15) is 20.8 Å². The lowest BCUT2D eigenvalue weighted by atomic mass is 10.4. The summed E-state index contributed by atoms with van der Waals surface area (Å²) in [7, 11) is 0. The van der Waals surface area contributed by atoms with Gasteiger partial charge in [0.15, 0.2) is 6.10 Å². The topological polar surface area (TPSA) is 69.7 Å². The molecule has 0 fully saturated rings. The molecular formula is C7H10O5. The van der Waals surface area contributed by atoms with Gasteiger partial charge in [-0.1, -0.05) is 0 Å². The van der Waals surface area contributed by atoms with Gasteiger partial charge in [0.1, 0.15) is 0 Å². The second kappa shape index (κ2) is 4.48. The van der Waals surface area contributed by atoms with Gasteiger partial charge in [0.2, 0.25) is 0 Å². The summed E-state index contributed by atoms with van der Waals surface area (Å²) in [6.45, 7) is 3.59. The first-order valence-corrected chi connectivity index (χ1v) is 3.33. The van der Waals surface area contributed by atoms with E-state index in [2.05, 4.69) is 9.47 Å². The van der Waals surface area contributed by atoms with Crippen LogP contribution in [0.5, 0.6) is 0 Å². The molecule has 0 aliphatic carbocycles. The van der Waals surface area contributed by atoms with Gasteiger partial charge in [0, 0.05) is 13.8 Å². The molecule has 1 atom stereocenters. The highest BCUT2D eigenvalue weighted by Gasteiger charge is 2.18. The highest BCUT2D eigenvalue weighted by Crippen LogP contribution is 1.95. The van der Waals surface area contributed by atoms with Crippen LogP contribution in [0.3, 0.4) is 0 Å². The van der Waals surface area contributed by atoms with Crippen LogP contribution in [-0.2, 0) is 23.9 Å². The zero-order valence-corrected chi connectivity index (χ0v) is 7.12. The highest BCUT2D eigenvalue weighted by atomic mass is 16.6. The minimum absolute atomic E-state index is 0.594. The second-order valence-corrected chi connectivity index (χ2v) is 2.16. The van der Waals surface area contributed by atoms with Crippen LogP contribution in [0.15, 0.2) is 0 Å². The van der Waals surface area contributed by atoms with Gasteiger partial charge in [-0.25, -0.2) is 4.79 Å². The summed E-state index contributed by atoms with van der Waals surface area (Å²) >= 11 is 0. The van der Waals surface area contributed by atoms with E-state index in [1.54, 1.807) is 0 Å². The Morgan fingerprint density at radius 3 is 1.92 bits per heavy atom. The molecular weight excluding hydrogens is 164 g/mol. The Labute approximate surface area is 69.6 Å². The molecule has 68 valence electrons. The van der Waals surface area contributed by atoms with Crippen LogP contribution in [0, 0.1) is 0 Å². The van der Waals surface area contributed by atoms with E-state index in [0.717, 1.165) is 13.8 Å². The lowest BCUT2D eigenvalue weighted by Crippen LogP contribution is -2.26. The molecule has 0 heterocycles. The first-order valence-electron chi connectivity index (χ1n) is 3.33. The molecule has 0 saturated carbocycles. The second-order valence-electron chi connectivity index (χ2n) is 2.16. The Kier molecular flexibility index (Phi) is 3.96. The summed E-state index contributed by atoms with van der Waals surface area (Å²) in [6.07, 6.45) is -1.04. The van der Waals surface area contributed by atoms with Crippen molar-refractivity contribution in [3.63, 3.8) is 0 Å². The van der Waals surface area contributed by atoms with Crippen molar-refractivity contribution >= 4 is 17.9 Å². The third-order valence-corrected chi connectivity index (χ3v) is 0.919. The van der Waals surface area contributed by atoms with E-state index < -0.39 is 24.0 Å². The minimum Gasteiger partial charge on any atom is -0.451 e. The van der Waals surface area contributed by atoms with E-state index in [9.17, 15) is 14.4 Å². The molecule has 0 aliphatic heterocycles. The van der Waals surface area contributed by atoms with E-state index in [0.29, 0.717) is 0 Å². The van der Waals surface area contributed by atoms with Gasteiger partial charge < -0.3 is 9.47 Å². The number of carbonyl (C=O) groups excluding carboxylic acids is 3. The van der Waals surface area contributed by atoms with Gasteiger partial charge in [-0.2, -0.15) is 0 Å². The van der Waals surface area contributed by atoms with Crippen molar-refractivity contribution in [1.82, 2.24) is 0 Å². The molecule has 0 amide bonds. The van der Waals surface area contributed by atoms with Gasteiger partial charge in [-0.3, -0.25) is 9.59 Å². The van der Waals surface area contributed by atoms with Gasteiger partial charge in [0.05, 0.1) is 0 Å². The van der Waals surface area contributed by atoms with Crippen molar-refractivity contribution in [2.24, 2.45) is 0 Å². The molecule has 0 aromatic rings. The SMILES string of the molecule is CC(=O)OC(=O)C(C)OC(C)=O. The number of hydrogen-bond acceptors (Lipinski definition) is 5. The van der Waals surface area contributed by atoms with Crippen LogP contribution < -0.4 is 0 Å². The fourth-order valence-corrected chi connectivity index (χ4v) is 0.522. The van der Waals surface area contributed by atoms with E-state index in [-0.39, 0.29) is 0 Å². The predicted molar refractivity (Wildman–Crippen MR) is 38.0 cm³/mol. The van der Waals surface area contributed by atoms with Crippen molar-refractivity contribution < 1.29 is 23.9 Å². The molecule has 5 heteroatoms. The first kappa shape index (κ1) is 10.6. The monoisotopic (exact) mass is 174 g/mol. The van der Waals surface area contributed by atoms with Crippen LogP contribution in [0.25, 0.3) is 0 Å². The Morgan fingerprint density at radius 2 is 1.58 bits per heavy atom. The molecule has 0 aromatic heterocycles. The average molecular weight is 174 g/mol. The lowest BCUT2D eigenvalue weighted by Gasteiger charge is -2.08. The predicted octanol–water partition coefficient (Wildman–Crippen LogP) is 0.0277. The fourth-order valence-electron chi connectivity index (χ4n) is 0.522. The van der Waals surface area contributed by atoms with Crippen molar-refractivity contribution in [3.05, 3.63) is 0 Å². The van der Waals surface area contributed by atoms with E-state index in [1.165, 1.54) is 6.92 Å². The average Bonchev–Trinajstić information content (AvgIpc) is 1.84. The lowest BCUT2D eigenvalue weighted by molar-refractivity contribution is -0.171. The van der Waals surface area contributed by atoms with E-state index in [4.69, 9.17) is 0 Å². The molecule has 0 bridgehead atoms. The normalized spacial score (nSPS) is 11.6. The van der Waals surface area contributed by atoms with Crippen molar-refractivity contribution in [3.8, 4) is 0 Å². The Morgan fingerprint density at radius 1 is 1.08 bits per heavy atom. The van der Waals surface area contributed by atoms with Gasteiger partial charge in [-0.15, -0.1) is 0 Å². The molecule has 12 heavy (non-hydrogen) atoms. The summed E-state index contributed by atoms with van der Waals surface area (Å²) in [5, 5.41) is 0. The molecule has 1 unspecified atom stereocenters. The van der Waals surface area contributed by atoms with Crippen molar-refractivity contribution in [2.75, 3.05) is 0 Å². The molecule has 0 aromatic carbocycles. The van der Waals surface area contributed by atoms with Crippen molar-refractivity contribution in [1.29, 1.82) is 0 Å². The number of carbonyl (C=O) groups is 3. The van der Waals surface area contributed by atoms with Crippen molar-refractivity contribution in [2.45, 2.75) is 26.9 Å².